The lowest BCUT2D eigenvalue weighted by molar-refractivity contribution is 0.549. The van der Waals surface area contributed by atoms with Crippen LogP contribution in [-0.2, 0) is 10.0 Å². The van der Waals surface area contributed by atoms with E-state index in [0.29, 0.717) is 13.1 Å². The van der Waals surface area contributed by atoms with Crippen molar-refractivity contribution < 1.29 is 8.42 Å². The molecular weight excluding hydrogens is 312 g/mol. The van der Waals surface area contributed by atoms with Crippen LogP contribution in [0.5, 0.6) is 0 Å². The molecule has 0 aliphatic rings. The van der Waals surface area contributed by atoms with Gasteiger partial charge in [-0.1, -0.05) is 18.2 Å². The predicted octanol–water partition coefficient (Wildman–Crippen LogP) is 1.72. The number of hydrogen-bond donors (Lipinski definition) is 2. The highest BCUT2D eigenvalue weighted by molar-refractivity contribution is 7.89. The third kappa shape index (κ3) is 4.82. The molecule has 0 aliphatic heterocycles. The minimum Gasteiger partial charge on any atom is -0.309 e. The highest BCUT2D eigenvalue weighted by atomic mass is 32.2. The van der Waals surface area contributed by atoms with Crippen molar-refractivity contribution in [2.75, 3.05) is 13.1 Å². The quantitative estimate of drug-likeness (QED) is 0.753. The van der Waals surface area contributed by atoms with E-state index in [0.717, 1.165) is 17.1 Å². The minimum absolute atomic E-state index is 0.0526. The first-order chi connectivity index (χ1) is 10.9. The van der Waals surface area contributed by atoms with Crippen LogP contribution in [0.15, 0.2) is 41.4 Å². The van der Waals surface area contributed by atoms with Crippen LogP contribution in [0.25, 0.3) is 0 Å². The van der Waals surface area contributed by atoms with E-state index in [4.69, 9.17) is 0 Å². The molecule has 0 amide bonds. The molecule has 0 bridgehead atoms. The van der Waals surface area contributed by atoms with Crippen molar-refractivity contribution in [3.63, 3.8) is 0 Å². The molecule has 2 rings (SSSR count). The smallest absolute Gasteiger partial charge is 0.240 e. The van der Waals surface area contributed by atoms with E-state index in [1.54, 1.807) is 30.3 Å². The third-order valence-electron chi connectivity index (χ3n) is 3.53. The maximum Gasteiger partial charge on any atom is 0.240 e. The second-order valence-electron chi connectivity index (χ2n) is 5.34. The maximum absolute atomic E-state index is 12.1. The van der Waals surface area contributed by atoms with E-state index < -0.39 is 10.0 Å². The van der Waals surface area contributed by atoms with Gasteiger partial charge in [-0.25, -0.2) is 23.1 Å². The number of nitrogens with one attached hydrogen (secondary N) is 2. The Morgan fingerprint density at radius 2 is 1.83 bits per heavy atom. The van der Waals surface area contributed by atoms with Crippen molar-refractivity contribution >= 4 is 10.0 Å². The first-order valence-electron chi connectivity index (χ1n) is 7.48. The molecule has 23 heavy (non-hydrogen) atoms. The Morgan fingerprint density at radius 1 is 1.13 bits per heavy atom. The first kappa shape index (κ1) is 17.5. The van der Waals surface area contributed by atoms with Gasteiger partial charge in [-0.3, -0.25) is 0 Å². The molecule has 2 N–H and O–H groups in total. The van der Waals surface area contributed by atoms with Crippen LogP contribution < -0.4 is 10.0 Å². The Labute approximate surface area is 137 Å². The molecular formula is C16H22N4O2S. The van der Waals surface area contributed by atoms with Gasteiger partial charge in [0.25, 0.3) is 0 Å². The Morgan fingerprint density at radius 3 is 2.48 bits per heavy atom. The largest absolute Gasteiger partial charge is 0.309 e. The molecule has 6 nitrogen and oxygen atoms in total. The van der Waals surface area contributed by atoms with Crippen LogP contribution in [0.2, 0.25) is 0 Å². The van der Waals surface area contributed by atoms with Gasteiger partial charge in [-0.2, -0.15) is 0 Å². The van der Waals surface area contributed by atoms with Gasteiger partial charge in [-0.15, -0.1) is 0 Å². The number of benzene rings is 1. The molecule has 1 aromatic carbocycles. The van der Waals surface area contributed by atoms with Crippen LogP contribution in [0.1, 0.15) is 30.0 Å². The summed E-state index contributed by atoms with van der Waals surface area (Å²) in [5.74, 6) is 0.745. The number of aromatic nitrogens is 2. The van der Waals surface area contributed by atoms with Crippen molar-refractivity contribution in [3.8, 4) is 0 Å². The van der Waals surface area contributed by atoms with Gasteiger partial charge in [0.05, 0.1) is 4.90 Å². The highest BCUT2D eigenvalue weighted by Crippen LogP contribution is 2.14. The zero-order chi connectivity index (χ0) is 16.9. The van der Waals surface area contributed by atoms with E-state index in [-0.39, 0.29) is 10.9 Å². The molecule has 0 radical (unpaired) electrons. The highest BCUT2D eigenvalue weighted by Gasteiger charge is 2.13. The molecule has 2 aromatic rings. The lowest BCUT2D eigenvalue weighted by Crippen LogP contribution is -2.33. The normalized spacial score (nSPS) is 13.0. The SMILES string of the molecule is Cc1ncc(C(C)NCCNS(=O)(=O)c2ccccc2)c(C)n1. The summed E-state index contributed by atoms with van der Waals surface area (Å²) in [6.45, 7) is 6.63. The average molecular weight is 334 g/mol. The van der Waals surface area contributed by atoms with Crippen LogP contribution in [-0.4, -0.2) is 31.5 Å². The first-order valence-corrected chi connectivity index (χ1v) is 8.96. The number of sulfonamides is 1. The summed E-state index contributed by atoms with van der Waals surface area (Å²) >= 11 is 0. The van der Waals surface area contributed by atoms with E-state index in [1.807, 2.05) is 27.0 Å². The molecule has 7 heteroatoms. The molecule has 0 saturated heterocycles. The summed E-state index contributed by atoms with van der Waals surface area (Å²) in [7, 11) is -3.45. The van der Waals surface area contributed by atoms with Gasteiger partial charge in [0.2, 0.25) is 10.0 Å². The van der Waals surface area contributed by atoms with Crippen molar-refractivity contribution in [2.45, 2.75) is 31.7 Å². The van der Waals surface area contributed by atoms with E-state index in [9.17, 15) is 8.42 Å². The zero-order valence-corrected chi connectivity index (χ0v) is 14.4. The fourth-order valence-corrected chi connectivity index (χ4v) is 3.34. The Bertz CT molecular complexity index is 748. The van der Waals surface area contributed by atoms with Gasteiger partial charge in [0.1, 0.15) is 5.82 Å². The minimum atomic E-state index is -3.45. The predicted molar refractivity (Wildman–Crippen MR) is 89.6 cm³/mol. The monoisotopic (exact) mass is 334 g/mol. The summed E-state index contributed by atoms with van der Waals surface area (Å²) in [6, 6.07) is 8.40. The summed E-state index contributed by atoms with van der Waals surface area (Å²) in [4.78, 5) is 8.82. The maximum atomic E-state index is 12.1. The van der Waals surface area contributed by atoms with E-state index in [2.05, 4.69) is 20.0 Å². The molecule has 0 spiro atoms. The summed E-state index contributed by atoms with van der Waals surface area (Å²) < 4.78 is 26.7. The summed E-state index contributed by atoms with van der Waals surface area (Å²) in [6.07, 6.45) is 1.81. The Hall–Kier alpha value is -1.83. The van der Waals surface area contributed by atoms with Gasteiger partial charge >= 0.3 is 0 Å². The Kier molecular flexibility index (Phi) is 5.81. The topological polar surface area (TPSA) is 84.0 Å². The van der Waals surface area contributed by atoms with Gasteiger partial charge in [0.15, 0.2) is 0 Å². The number of rotatable bonds is 7. The average Bonchev–Trinajstić information content (AvgIpc) is 2.52. The van der Waals surface area contributed by atoms with Crippen LogP contribution in [0.3, 0.4) is 0 Å². The van der Waals surface area contributed by atoms with Crippen LogP contribution in [0, 0.1) is 13.8 Å². The standard InChI is InChI=1S/C16H22N4O2S/c1-12(16-11-18-14(3)20-13(16)2)17-9-10-19-23(21,22)15-7-5-4-6-8-15/h4-8,11-12,17,19H,9-10H2,1-3H3. The molecule has 0 aliphatic carbocycles. The molecule has 124 valence electrons. The summed E-state index contributed by atoms with van der Waals surface area (Å²) in [5.41, 5.74) is 1.95. The van der Waals surface area contributed by atoms with Crippen molar-refractivity contribution in [1.82, 2.24) is 20.0 Å². The van der Waals surface area contributed by atoms with Crippen molar-refractivity contribution in [3.05, 3.63) is 53.6 Å². The van der Waals surface area contributed by atoms with Crippen molar-refractivity contribution in [1.29, 1.82) is 0 Å². The second-order valence-corrected chi connectivity index (χ2v) is 7.11. The summed E-state index contributed by atoms with van der Waals surface area (Å²) in [5, 5.41) is 3.28. The fraction of sp³-hybridized carbons (Fsp3) is 0.375. The van der Waals surface area contributed by atoms with Crippen LogP contribution >= 0.6 is 0 Å². The molecule has 1 heterocycles. The van der Waals surface area contributed by atoms with Crippen molar-refractivity contribution in [2.24, 2.45) is 0 Å². The zero-order valence-electron chi connectivity index (χ0n) is 13.6. The fourth-order valence-electron chi connectivity index (χ4n) is 2.28. The third-order valence-corrected chi connectivity index (χ3v) is 5.00. The van der Waals surface area contributed by atoms with Crippen LogP contribution in [0.4, 0.5) is 0 Å². The number of hydrogen-bond acceptors (Lipinski definition) is 5. The van der Waals surface area contributed by atoms with E-state index >= 15 is 0 Å². The number of nitrogens with zero attached hydrogens (tertiary/aromatic N) is 2. The Balaban J connectivity index is 1.85. The lowest BCUT2D eigenvalue weighted by Gasteiger charge is -2.16. The van der Waals surface area contributed by atoms with Gasteiger partial charge < -0.3 is 5.32 Å². The lowest BCUT2D eigenvalue weighted by atomic mass is 10.1. The molecule has 1 atom stereocenters. The molecule has 0 fully saturated rings. The van der Waals surface area contributed by atoms with Gasteiger partial charge in [0, 0.05) is 36.6 Å². The van der Waals surface area contributed by atoms with E-state index in [1.165, 1.54) is 0 Å². The second kappa shape index (κ2) is 7.63. The molecule has 1 unspecified atom stereocenters. The number of aryl methyl sites for hydroxylation is 2. The molecule has 1 aromatic heterocycles. The molecule has 0 saturated carbocycles. The van der Waals surface area contributed by atoms with Gasteiger partial charge in [-0.05, 0) is 32.9 Å².